The number of carboxylic acids is 1. The summed E-state index contributed by atoms with van der Waals surface area (Å²) in [6.45, 7) is 5.88. The van der Waals surface area contributed by atoms with Gasteiger partial charge in [-0.3, -0.25) is 14.9 Å². The zero-order chi connectivity index (χ0) is 23.5. The SMILES string of the molecule is Cc1ccc(-n2[nH]c(C)c(C=Nc3ccccc3Nc3cccc(C(=O)O)c3)c2=O)cc1C. The molecular weight excluding hydrogens is 416 g/mol. The van der Waals surface area contributed by atoms with Crippen LogP contribution in [0.2, 0.25) is 0 Å². The van der Waals surface area contributed by atoms with Crippen molar-refractivity contribution in [3.63, 3.8) is 0 Å². The molecule has 0 bridgehead atoms. The Kier molecular flexibility index (Phi) is 5.95. The molecule has 166 valence electrons. The number of aromatic nitrogens is 2. The van der Waals surface area contributed by atoms with Gasteiger partial charge in [0.05, 0.1) is 28.2 Å². The molecule has 4 rings (SSSR count). The molecule has 0 aliphatic rings. The van der Waals surface area contributed by atoms with Gasteiger partial charge in [0.25, 0.3) is 5.56 Å². The summed E-state index contributed by atoms with van der Waals surface area (Å²) in [6.07, 6.45) is 1.56. The molecule has 0 saturated heterocycles. The number of rotatable bonds is 6. The molecule has 3 aromatic carbocycles. The zero-order valence-corrected chi connectivity index (χ0v) is 18.6. The Bertz CT molecular complexity index is 1430. The molecule has 7 heteroatoms. The number of hydrogen-bond donors (Lipinski definition) is 3. The maximum Gasteiger partial charge on any atom is 0.335 e. The van der Waals surface area contributed by atoms with E-state index >= 15 is 0 Å². The molecule has 0 radical (unpaired) electrons. The van der Waals surface area contributed by atoms with Gasteiger partial charge in [-0.15, -0.1) is 0 Å². The standard InChI is InChI=1S/C26H24N4O3/c1-16-11-12-21(13-17(16)2)30-25(31)22(18(3)29-30)15-27-23-9-4-5-10-24(23)28-20-8-6-7-19(14-20)26(32)33/h4-15,28-29H,1-3H3,(H,32,33). The molecule has 0 unspecified atom stereocenters. The zero-order valence-electron chi connectivity index (χ0n) is 18.6. The fraction of sp³-hybridized carbons (Fsp3) is 0.115. The average molecular weight is 441 g/mol. The van der Waals surface area contributed by atoms with Gasteiger partial charge in [-0.25, -0.2) is 9.48 Å². The summed E-state index contributed by atoms with van der Waals surface area (Å²) in [5, 5.41) is 15.6. The second-order valence-corrected chi connectivity index (χ2v) is 7.85. The Morgan fingerprint density at radius 1 is 1.00 bits per heavy atom. The summed E-state index contributed by atoms with van der Waals surface area (Å²) in [5.74, 6) is -0.993. The van der Waals surface area contributed by atoms with Crippen molar-refractivity contribution in [2.75, 3.05) is 5.32 Å². The molecule has 3 N–H and O–H groups in total. The first-order valence-electron chi connectivity index (χ1n) is 10.5. The monoisotopic (exact) mass is 440 g/mol. The molecule has 1 heterocycles. The number of hydrogen-bond acceptors (Lipinski definition) is 4. The Labute approximate surface area is 191 Å². The van der Waals surface area contributed by atoms with Gasteiger partial charge in [-0.1, -0.05) is 24.3 Å². The van der Waals surface area contributed by atoms with Crippen LogP contribution in [0, 0.1) is 20.8 Å². The van der Waals surface area contributed by atoms with Crippen molar-refractivity contribution in [1.29, 1.82) is 0 Å². The molecule has 1 aromatic heterocycles. The molecule has 7 nitrogen and oxygen atoms in total. The van der Waals surface area contributed by atoms with E-state index in [-0.39, 0.29) is 11.1 Å². The second kappa shape index (κ2) is 9.00. The van der Waals surface area contributed by atoms with Crippen LogP contribution in [0.15, 0.2) is 76.5 Å². The number of aromatic amines is 1. The van der Waals surface area contributed by atoms with Crippen LogP contribution < -0.4 is 10.9 Å². The van der Waals surface area contributed by atoms with Gasteiger partial charge in [-0.2, -0.15) is 0 Å². The Morgan fingerprint density at radius 2 is 1.79 bits per heavy atom. The highest BCUT2D eigenvalue weighted by Gasteiger charge is 2.12. The number of nitrogens with one attached hydrogen (secondary N) is 2. The normalized spacial score (nSPS) is 11.1. The van der Waals surface area contributed by atoms with Crippen LogP contribution in [0.5, 0.6) is 0 Å². The number of anilines is 2. The number of aliphatic imine (C=N–C) groups is 1. The van der Waals surface area contributed by atoms with Crippen LogP contribution in [0.4, 0.5) is 17.1 Å². The number of aryl methyl sites for hydroxylation is 3. The van der Waals surface area contributed by atoms with Crippen LogP contribution in [0.3, 0.4) is 0 Å². The Morgan fingerprint density at radius 3 is 2.55 bits per heavy atom. The van der Waals surface area contributed by atoms with Gasteiger partial charge in [0.15, 0.2) is 0 Å². The van der Waals surface area contributed by atoms with Gasteiger partial charge >= 0.3 is 5.97 Å². The number of aromatic carboxylic acids is 1. The van der Waals surface area contributed by atoms with Crippen LogP contribution in [-0.2, 0) is 0 Å². The highest BCUT2D eigenvalue weighted by atomic mass is 16.4. The number of nitrogens with zero attached hydrogens (tertiary/aromatic N) is 2. The van der Waals surface area contributed by atoms with Crippen molar-refractivity contribution in [2.24, 2.45) is 4.99 Å². The molecule has 0 saturated carbocycles. The van der Waals surface area contributed by atoms with Gasteiger partial charge in [-0.05, 0) is 74.4 Å². The molecular formula is C26H24N4O3. The van der Waals surface area contributed by atoms with E-state index in [2.05, 4.69) is 15.4 Å². The number of benzene rings is 3. The lowest BCUT2D eigenvalue weighted by atomic mass is 10.1. The second-order valence-electron chi connectivity index (χ2n) is 7.85. The Hall–Kier alpha value is -4.39. The largest absolute Gasteiger partial charge is 0.478 e. The van der Waals surface area contributed by atoms with Gasteiger partial charge in [0.1, 0.15) is 0 Å². The predicted molar refractivity (Wildman–Crippen MR) is 131 cm³/mol. The fourth-order valence-electron chi connectivity index (χ4n) is 3.47. The minimum Gasteiger partial charge on any atom is -0.478 e. The van der Waals surface area contributed by atoms with Crippen LogP contribution in [0.25, 0.3) is 5.69 Å². The topological polar surface area (TPSA) is 99.5 Å². The number of carbonyl (C=O) groups is 1. The summed E-state index contributed by atoms with van der Waals surface area (Å²) < 4.78 is 1.52. The molecule has 33 heavy (non-hydrogen) atoms. The number of para-hydroxylation sites is 2. The van der Waals surface area contributed by atoms with Gasteiger partial charge in [0, 0.05) is 17.6 Å². The van der Waals surface area contributed by atoms with Crippen molar-refractivity contribution in [3.05, 3.63) is 105 Å². The van der Waals surface area contributed by atoms with E-state index in [4.69, 9.17) is 0 Å². The number of carboxylic acid groups (broad SMARTS) is 1. The van der Waals surface area contributed by atoms with Crippen molar-refractivity contribution >= 4 is 29.2 Å². The molecule has 0 aliphatic carbocycles. The molecule has 0 fully saturated rings. The molecule has 4 aromatic rings. The van der Waals surface area contributed by atoms with Crippen molar-refractivity contribution in [2.45, 2.75) is 20.8 Å². The summed E-state index contributed by atoms with van der Waals surface area (Å²) in [5.41, 5.74) is 6.17. The lowest BCUT2D eigenvalue weighted by molar-refractivity contribution is 0.0697. The summed E-state index contributed by atoms with van der Waals surface area (Å²) in [4.78, 5) is 28.9. The molecule has 0 atom stereocenters. The number of H-pyrrole nitrogens is 1. The first kappa shape index (κ1) is 21.8. The lowest BCUT2D eigenvalue weighted by Crippen LogP contribution is -2.17. The highest BCUT2D eigenvalue weighted by Crippen LogP contribution is 2.28. The minimum absolute atomic E-state index is 0.181. The lowest BCUT2D eigenvalue weighted by Gasteiger charge is -2.09. The van der Waals surface area contributed by atoms with Crippen molar-refractivity contribution in [3.8, 4) is 5.69 Å². The predicted octanol–water partition coefficient (Wildman–Crippen LogP) is 5.28. The summed E-state index contributed by atoms with van der Waals surface area (Å²) in [6, 6.07) is 19.8. The molecule has 0 spiro atoms. The van der Waals surface area contributed by atoms with Gasteiger partial charge < -0.3 is 10.4 Å². The van der Waals surface area contributed by atoms with Crippen LogP contribution >= 0.6 is 0 Å². The van der Waals surface area contributed by atoms with Crippen LogP contribution in [-0.4, -0.2) is 27.1 Å². The van der Waals surface area contributed by atoms with E-state index in [0.29, 0.717) is 28.3 Å². The Balaban J connectivity index is 1.65. The first-order valence-corrected chi connectivity index (χ1v) is 10.5. The average Bonchev–Trinajstić information content (AvgIpc) is 3.08. The first-order chi connectivity index (χ1) is 15.8. The fourth-order valence-corrected chi connectivity index (χ4v) is 3.47. The smallest absolute Gasteiger partial charge is 0.335 e. The van der Waals surface area contributed by atoms with Gasteiger partial charge in [0.2, 0.25) is 0 Å². The van der Waals surface area contributed by atoms with E-state index in [1.165, 1.54) is 10.7 Å². The van der Waals surface area contributed by atoms with Crippen molar-refractivity contribution < 1.29 is 9.90 Å². The van der Waals surface area contributed by atoms with E-state index in [9.17, 15) is 14.7 Å². The molecule has 0 amide bonds. The third-order valence-corrected chi connectivity index (χ3v) is 5.49. The van der Waals surface area contributed by atoms with E-state index in [1.807, 2.05) is 63.2 Å². The minimum atomic E-state index is -0.993. The highest BCUT2D eigenvalue weighted by molar-refractivity contribution is 5.90. The molecule has 0 aliphatic heterocycles. The third kappa shape index (κ3) is 4.62. The van der Waals surface area contributed by atoms with Crippen molar-refractivity contribution in [1.82, 2.24) is 9.78 Å². The third-order valence-electron chi connectivity index (χ3n) is 5.49. The van der Waals surface area contributed by atoms with Crippen LogP contribution in [0.1, 0.15) is 32.7 Å². The van der Waals surface area contributed by atoms with E-state index in [1.54, 1.807) is 24.4 Å². The maximum absolute atomic E-state index is 13.1. The summed E-state index contributed by atoms with van der Waals surface area (Å²) >= 11 is 0. The maximum atomic E-state index is 13.1. The van der Waals surface area contributed by atoms with E-state index < -0.39 is 5.97 Å². The summed E-state index contributed by atoms with van der Waals surface area (Å²) in [7, 11) is 0. The quantitative estimate of drug-likeness (QED) is 0.355. The van der Waals surface area contributed by atoms with E-state index in [0.717, 1.165) is 16.8 Å².